The second-order valence-corrected chi connectivity index (χ2v) is 3.83. The van der Waals surface area contributed by atoms with Crippen molar-refractivity contribution in [2.24, 2.45) is 5.92 Å². The Labute approximate surface area is 84.3 Å². The molecule has 1 aliphatic rings. The van der Waals surface area contributed by atoms with E-state index in [1.54, 1.807) is 0 Å². The molecule has 0 aliphatic carbocycles. The molecule has 2 unspecified atom stereocenters. The number of nitrogens with one attached hydrogen (secondary N) is 1. The predicted molar refractivity (Wildman–Crippen MR) is 55.7 cm³/mol. The van der Waals surface area contributed by atoms with Crippen LogP contribution in [-0.4, -0.2) is 5.91 Å². The molecule has 1 saturated heterocycles. The van der Waals surface area contributed by atoms with Crippen LogP contribution in [0.25, 0.3) is 0 Å². The second-order valence-electron chi connectivity index (χ2n) is 3.83. The van der Waals surface area contributed by atoms with Crippen molar-refractivity contribution in [2.75, 3.05) is 0 Å². The van der Waals surface area contributed by atoms with Gasteiger partial charge in [0.1, 0.15) is 0 Å². The minimum Gasteiger partial charge on any atom is -0.349 e. The van der Waals surface area contributed by atoms with Gasteiger partial charge in [0.05, 0.1) is 6.04 Å². The van der Waals surface area contributed by atoms with Gasteiger partial charge in [-0.25, -0.2) is 0 Å². The van der Waals surface area contributed by atoms with Gasteiger partial charge in [0, 0.05) is 6.42 Å². The monoisotopic (exact) mass is 189 g/mol. The normalized spacial score (nSPS) is 26.2. The molecule has 0 saturated carbocycles. The van der Waals surface area contributed by atoms with Crippen molar-refractivity contribution in [3.05, 3.63) is 35.9 Å². The summed E-state index contributed by atoms with van der Waals surface area (Å²) in [7, 11) is 0. The minimum absolute atomic E-state index is 0.186. The van der Waals surface area contributed by atoms with Gasteiger partial charge in [0.2, 0.25) is 5.91 Å². The molecular formula is C12H15NO. The zero-order valence-electron chi connectivity index (χ0n) is 8.36. The molecule has 1 fully saturated rings. The van der Waals surface area contributed by atoms with Crippen molar-refractivity contribution in [3.63, 3.8) is 0 Å². The third-order valence-electron chi connectivity index (χ3n) is 2.92. The van der Waals surface area contributed by atoms with Crippen LogP contribution in [0, 0.1) is 5.92 Å². The van der Waals surface area contributed by atoms with Gasteiger partial charge in [-0.15, -0.1) is 0 Å². The Balaban J connectivity index is 2.22. The van der Waals surface area contributed by atoms with Crippen molar-refractivity contribution in [1.82, 2.24) is 5.32 Å². The van der Waals surface area contributed by atoms with Crippen LogP contribution in [0.2, 0.25) is 0 Å². The highest BCUT2D eigenvalue weighted by molar-refractivity contribution is 5.79. The summed E-state index contributed by atoms with van der Waals surface area (Å²) in [5, 5.41) is 3.03. The Morgan fingerprint density at radius 3 is 2.71 bits per heavy atom. The third kappa shape index (κ3) is 1.65. The van der Waals surface area contributed by atoms with E-state index in [2.05, 4.69) is 24.4 Å². The zero-order chi connectivity index (χ0) is 9.97. The maximum atomic E-state index is 11.3. The van der Waals surface area contributed by atoms with Crippen molar-refractivity contribution in [3.8, 4) is 0 Å². The fourth-order valence-corrected chi connectivity index (χ4v) is 2.10. The van der Waals surface area contributed by atoms with Crippen molar-refractivity contribution in [2.45, 2.75) is 25.8 Å². The van der Waals surface area contributed by atoms with E-state index >= 15 is 0 Å². The first-order valence-electron chi connectivity index (χ1n) is 5.15. The van der Waals surface area contributed by atoms with Crippen LogP contribution in [-0.2, 0) is 4.79 Å². The quantitative estimate of drug-likeness (QED) is 0.759. The minimum atomic E-state index is 0.186. The van der Waals surface area contributed by atoms with Gasteiger partial charge < -0.3 is 5.32 Å². The molecule has 0 aromatic heterocycles. The first kappa shape index (κ1) is 9.25. The molecule has 1 N–H and O–H groups in total. The summed E-state index contributed by atoms with van der Waals surface area (Å²) in [5.74, 6) is 0.649. The maximum Gasteiger partial charge on any atom is 0.220 e. The molecule has 0 radical (unpaired) electrons. The highest BCUT2D eigenvalue weighted by Gasteiger charge is 2.31. The highest BCUT2D eigenvalue weighted by atomic mass is 16.2. The number of hydrogen-bond donors (Lipinski definition) is 1. The fraction of sp³-hybridized carbons (Fsp3) is 0.417. The molecule has 0 spiro atoms. The first-order chi connectivity index (χ1) is 6.81. The summed E-state index contributed by atoms with van der Waals surface area (Å²) >= 11 is 0. The topological polar surface area (TPSA) is 29.1 Å². The molecular weight excluding hydrogens is 174 g/mol. The van der Waals surface area contributed by atoms with E-state index in [-0.39, 0.29) is 11.9 Å². The van der Waals surface area contributed by atoms with Gasteiger partial charge >= 0.3 is 0 Å². The van der Waals surface area contributed by atoms with Crippen LogP contribution in [0.5, 0.6) is 0 Å². The molecule has 1 amide bonds. The Kier molecular flexibility index (Phi) is 2.53. The van der Waals surface area contributed by atoms with E-state index in [4.69, 9.17) is 0 Å². The van der Waals surface area contributed by atoms with E-state index in [0.29, 0.717) is 12.3 Å². The molecule has 1 aliphatic heterocycles. The largest absolute Gasteiger partial charge is 0.349 e. The van der Waals surface area contributed by atoms with Gasteiger partial charge in [0.15, 0.2) is 0 Å². The summed E-state index contributed by atoms with van der Waals surface area (Å²) in [6, 6.07) is 10.4. The lowest BCUT2D eigenvalue weighted by Crippen LogP contribution is -2.20. The number of carbonyl (C=O) groups is 1. The smallest absolute Gasteiger partial charge is 0.220 e. The second kappa shape index (κ2) is 3.82. The lowest BCUT2D eigenvalue weighted by molar-refractivity contribution is -0.119. The van der Waals surface area contributed by atoms with Gasteiger partial charge in [-0.05, 0) is 11.5 Å². The standard InChI is InChI=1S/C12H15NO/c1-2-9-8-11(14)13-12(9)10-6-4-3-5-7-10/h3-7,9,12H,2,8H2,1H3,(H,13,14). The summed E-state index contributed by atoms with van der Waals surface area (Å²) in [6.45, 7) is 2.14. The van der Waals surface area contributed by atoms with Gasteiger partial charge in [0.25, 0.3) is 0 Å². The summed E-state index contributed by atoms with van der Waals surface area (Å²) in [5.41, 5.74) is 1.23. The molecule has 2 rings (SSSR count). The molecule has 1 aromatic rings. The van der Waals surface area contributed by atoms with Crippen molar-refractivity contribution in [1.29, 1.82) is 0 Å². The number of rotatable bonds is 2. The van der Waals surface area contributed by atoms with E-state index in [1.165, 1.54) is 5.56 Å². The Hall–Kier alpha value is -1.31. The SMILES string of the molecule is CCC1CC(=O)NC1c1ccccc1. The molecule has 2 atom stereocenters. The number of amides is 1. The van der Waals surface area contributed by atoms with Crippen LogP contribution in [0.1, 0.15) is 31.4 Å². The van der Waals surface area contributed by atoms with Crippen molar-refractivity contribution >= 4 is 5.91 Å². The van der Waals surface area contributed by atoms with Crippen LogP contribution < -0.4 is 5.32 Å². The molecule has 1 heterocycles. The molecule has 14 heavy (non-hydrogen) atoms. The lowest BCUT2D eigenvalue weighted by Gasteiger charge is -2.17. The Morgan fingerprint density at radius 2 is 2.07 bits per heavy atom. The van der Waals surface area contributed by atoms with Crippen LogP contribution >= 0.6 is 0 Å². The summed E-state index contributed by atoms with van der Waals surface area (Å²) in [6.07, 6.45) is 1.73. The highest BCUT2D eigenvalue weighted by Crippen LogP contribution is 2.31. The maximum absolute atomic E-state index is 11.3. The van der Waals surface area contributed by atoms with Crippen LogP contribution in [0.15, 0.2) is 30.3 Å². The van der Waals surface area contributed by atoms with Crippen molar-refractivity contribution < 1.29 is 4.79 Å². The Morgan fingerprint density at radius 1 is 1.36 bits per heavy atom. The molecule has 1 aromatic carbocycles. The average Bonchev–Trinajstić information content (AvgIpc) is 2.61. The van der Waals surface area contributed by atoms with Gasteiger partial charge in [-0.1, -0.05) is 43.7 Å². The zero-order valence-corrected chi connectivity index (χ0v) is 8.36. The van der Waals surface area contributed by atoms with E-state index in [9.17, 15) is 4.79 Å². The Bertz CT molecular complexity index is 320. The number of hydrogen-bond acceptors (Lipinski definition) is 1. The summed E-state index contributed by atoms with van der Waals surface area (Å²) in [4.78, 5) is 11.3. The van der Waals surface area contributed by atoms with Gasteiger partial charge in [-0.3, -0.25) is 4.79 Å². The first-order valence-corrected chi connectivity index (χ1v) is 5.15. The average molecular weight is 189 g/mol. The lowest BCUT2D eigenvalue weighted by atomic mass is 9.92. The van der Waals surface area contributed by atoms with E-state index in [1.807, 2.05) is 18.2 Å². The van der Waals surface area contributed by atoms with Crippen LogP contribution in [0.4, 0.5) is 0 Å². The van der Waals surface area contributed by atoms with E-state index in [0.717, 1.165) is 6.42 Å². The molecule has 2 heteroatoms. The molecule has 0 bridgehead atoms. The van der Waals surface area contributed by atoms with Crippen LogP contribution in [0.3, 0.4) is 0 Å². The molecule has 74 valence electrons. The predicted octanol–water partition coefficient (Wildman–Crippen LogP) is 2.27. The molecule has 2 nitrogen and oxygen atoms in total. The fourth-order valence-electron chi connectivity index (χ4n) is 2.10. The summed E-state index contributed by atoms with van der Waals surface area (Å²) < 4.78 is 0. The number of carbonyl (C=O) groups excluding carboxylic acids is 1. The van der Waals surface area contributed by atoms with E-state index < -0.39 is 0 Å². The third-order valence-corrected chi connectivity index (χ3v) is 2.92. The number of benzene rings is 1. The van der Waals surface area contributed by atoms with Gasteiger partial charge in [-0.2, -0.15) is 0 Å².